The second-order valence-electron chi connectivity index (χ2n) is 10.4. The number of ether oxygens (including phenoxy) is 3. The van der Waals surface area contributed by atoms with E-state index < -0.39 is 12.1 Å². The van der Waals surface area contributed by atoms with Gasteiger partial charge in [-0.05, 0) is 56.6 Å². The van der Waals surface area contributed by atoms with E-state index in [0.29, 0.717) is 21.4 Å². The largest absolute Gasteiger partial charge is 0.489 e. The minimum atomic E-state index is -0.470. The molecule has 5 aromatic rings. The van der Waals surface area contributed by atoms with Crippen molar-refractivity contribution in [3.8, 4) is 27.6 Å². The Bertz CT molecular complexity index is 1710. The van der Waals surface area contributed by atoms with E-state index in [1.54, 1.807) is 12.5 Å². The number of esters is 1. The Morgan fingerprint density at radius 2 is 1.90 bits per heavy atom. The summed E-state index contributed by atoms with van der Waals surface area (Å²) in [6.45, 7) is 3.90. The first-order valence-corrected chi connectivity index (χ1v) is 15.0. The summed E-state index contributed by atoms with van der Waals surface area (Å²) in [7, 11) is 3.48. The fraction of sp³-hybridized carbons (Fsp3) is 0.281. The monoisotopic (exact) mass is 602 g/mol. The Morgan fingerprint density at radius 1 is 1.07 bits per heavy atom. The van der Waals surface area contributed by atoms with Crippen LogP contribution in [-0.4, -0.2) is 58.8 Å². The number of rotatable bonds is 8. The molecule has 1 unspecified atom stereocenters. The van der Waals surface area contributed by atoms with Crippen LogP contribution in [-0.2, 0) is 4.74 Å². The van der Waals surface area contributed by atoms with Crippen LogP contribution < -0.4 is 9.47 Å². The molecular weight excluding hydrogens is 572 g/mol. The zero-order valence-electron chi connectivity index (χ0n) is 23.6. The zero-order valence-corrected chi connectivity index (χ0v) is 25.2. The van der Waals surface area contributed by atoms with Crippen molar-refractivity contribution in [2.45, 2.75) is 32.0 Å². The molecule has 0 radical (unpaired) electrons. The Balaban J connectivity index is 1.27. The van der Waals surface area contributed by atoms with E-state index in [0.717, 1.165) is 58.7 Å². The van der Waals surface area contributed by atoms with Gasteiger partial charge in [-0.3, -0.25) is 9.55 Å². The van der Waals surface area contributed by atoms with Crippen molar-refractivity contribution in [1.82, 2.24) is 19.4 Å². The molecule has 1 atom stereocenters. The van der Waals surface area contributed by atoms with Crippen LogP contribution >= 0.6 is 22.9 Å². The Kier molecular flexibility index (Phi) is 8.15. The van der Waals surface area contributed by atoms with Crippen LogP contribution in [0.15, 0.2) is 73.3 Å². The molecule has 1 fully saturated rings. The molecular formula is C32H31ClN4O4S. The highest BCUT2D eigenvalue weighted by Gasteiger charge is 2.25. The van der Waals surface area contributed by atoms with Gasteiger partial charge >= 0.3 is 5.97 Å². The standard InChI is InChI=1S/C32H31ClN4O4S/c1-20(24-7-4-8-27(30(24)33)41-23-11-14-36(2)15-12-23)40-28-17-29(42-31(28)32(38)39-3)37-19-35-25-16-21(9-10-26(25)37)22-6-5-13-34-18-22/h4-10,13,16-20,23H,11-12,14-15H2,1-3H3. The van der Waals surface area contributed by atoms with Gasteiger partial charge < -0.3 is 19.1 Å². The zero-order chi connectivity index (χ0) is 29.2. The number of carbonyl (C=O) groups excluding carboxylic acids is 1. The Labute approximate surface area is 253 Å². The first kappa shape index (κ1) is 28.2. The lowest BCUT2D eigenvalue weighted by Gasteiger charge is -2.30. The SMILES string of the molecule is COC(=O)c1sc(-n2cnc3cc(-c4cccnc4)ccc32)cc1OC(C)c1cccc(OC2CCN(C)CC2)c1Cl. The number of fused-ring (bicyclic) bond motifs is 1. The second-order valence-corrected chi connectivity index (χ2v) is 11.8. The summed E-state index contributed by atoms with van der Waals surface area (Å²) >= 11 is 8.12. The van der Waals surface area contributed by atoms with Gasteiger partial charge in [0.25, 0.3) is 0 Å². The lowest BCUT2D eigenvalue weighted by Crippen LogP contribution is -2.35. The molecule has 6 rings (SSSR count). The van der Waals surface area contributed by atoms with Gasteiger partial charge in [-0.2, -0.15) is 0 Å². The number of imidazole rings is 1. The lowest BCUT2D eigenvalue weighted by molar-refractivity contribution is 0.0600. The first-order chi connectivity index (χ1) is 20.4. The minimum absolute atomic E-state index is 0.126. The van der Waals surface area contributed by atoms with Crippen LogP contribution in [0.2, 0.25) is 5.02 Å². The molecule has 4 heterocycles. The maximum atomic E-state index is 12.8. The molecule has 0 amide bonds. The van der Waals surface area contributed by atoms with E-state index in [4.69, 9.17) is 25.8 Å². The first-order valence-electron chi connectivity index (χ1n) is 13.8. The quantitative estimate of drug-likeness (QED) is 0.174. The smallest absolute Gasteiger partial charge is 0.351 e. The highest BCUT2D eigenvalue weighted by molar-refractivity contribution is 7.16. The normalized spacial score (nSPS) is 15.0. The summed E-state index contributed by atoms with van der Waals surface area (Å²) in [5.41, 5.74) is 4.55. The number of hydrogen-bond donors (Lipinski definition) is 0. The van der Waals surface area contributed by atoms with Crippen LogP contribution in [0, 0.1) is 0 Å². The summed E-state index contributed by atoms with van der Waals surface area (Å²) < 4.78 is 19.7. The van der Waals surface area contributed by atoms with Crippen LogP contribution in [0.4, 0.5) is 0 Å². The van der Waals surface area contributed by atoms with Gasteiger partial charge in [-0.15, -0.1) is 11.3 Å². The number of benzene rings is 2. The van der Waals surface area contributed by atoms with Crippen LogP contribution in [0.1, 0.15) is 41.1 Å². The minimum Gasteiger partial charge on any atom is -0.489 e. The number of carbonyl (C=O) groups is 1. The van der Waals surface area contributed by atoms with Gasteiger partial charge in [-0.25, -0.2) is 9.78 Å². The predicted molar refractivity (Wildman–Crippen MR) is 165 cm³/mol. The predicted octanol–water partition coefficient (Wildman–Crippen LogP) is 7.20. The van der Waals surface area contributed by atoms with E-state index in [1.807, 2.05) is 72.3 Å². The molecule has 0 bridgehead atoms. The summed E-state index contributed by atoms with van der Waals surface area (Å²) in [6, 6.07) is 17.6. The molecule has 1 aliphatic heterocycles. The van der Waals surface area contributed by atoms with Crippen molar-refractivity contribution in [3.05, 3.63) is 88.8 Å². The molecule has 0 saturated carbocycles. The van der Waals surface area contributed by atoms with Crippen molar-refractivity contribution in [2.75, 3.05) is 27.2 Å². The topological polar surface area (TPSA) is 78.7 Å². The van der Waals surface area contributed by atoms with Crippen LogP contribution in [0.3, 0.4) is 0 Å². The van der Waals surface area contributed by atoms with Gasteiger partial charge in [-0.1, -0.05) is 35.9 Å². The van der Waals surface area contributed by atoms with E-state index in [9.17, 15) is 4.79 Å². The molecule has 10 heteroatoms. The van der Waals surface area contributed by atoms with Crippen molar-refractivity contribution >= 4 is 39.9 Å². The average molecular weight is 603 g/mol. The molecule has 1 aliphatic rings. The van der Waals surface area contributed by atoms with Crippen molar-refractivity contribution < 1.29 is 19.0 Å². The number of thiophene rings is 1. The molecule has 0 aliphatic carbocycles. The third-order valence-electron chi connectivity index (χ3n) is 7.53. The maximum Gasteiger partial charge on any atom is 0.351 e. The third kappa shape index (κ3) is 5.72. The van der Waals surface area contributed by atoms with Crippen molar-refractivity contribution in [1.29, 1.82) is 0 Å². The van der Waals surface area contributed by atoms with E-state index in [1.165, 1.54) is 18.4 Å². The van der Waals surface area contributed by atoms with E-state index in [2.05, 4.69) is 21.9 Å². The van der Waals surface area contributed by atoms with Gasteiger partial charge in [0.05, 0.1) is 23.2 Å². The van der Waals surface area contributed by atoms with Crippen LogP contribution in [0.5, 0.6) is 11.5 Å². The molecule has 3 aromatic heterocycles. The van der Waals surface area contributed by atoms with Gasteiger partial charge in [0, 0.05) is 42.7 Å². The summed E-state index contributed by atoms with van der Waals surface area (Å²) in [4.78, 5) is 24.3. The maximum absolute atomic E-state index is 12.8. The lowest BCUT2D eigenvalue weighted by atomic mass is 10.1. The molecule has 8 nitrogen and oxygen atoms in total. The Hall–Kier alpha value is -3.92. The summed E-state index contributed by atoms with van der Waals surface area (Å²) in [5, 5.41) is 1.30. The van der Waals surface area contributed by atoms with Gasteiger partial charge in [0.1, 0.15) is 35.0 Å². The number of aromatic nitrogens is 3. The number of pyridine rings is 1. The fourth-order valence-corrected chi connectivity index (χ4v) is 6.49. The number of methoxy groups -OCH3 is 1. The van der Waals surface area contributed by atoms with Gasteiger partial charge in [0.15, 0.2) is 4.88 Å². The molecule has 0 spiro atoms. The highest BCUT2D eigenvalue weighted by Crippen LogP contribution is 2.40. The summed E-state index contributed by atoms with van der Waals surface area (Å²) in [6.07, 6.45) is 6.91. The fourth-order valence-electron chi connectivity index (χ4n) is 5.17. The van der Waals surface area contributed by atoms with Gasteiger partial charge in [0.2, 0.25) is 0 Å². The number of hydrogen-bond acceptors (Lipinski definition) is 8. The molecule has 2 aromatic carbocycles. The highest BCUT2D eigenvalue weighted by atomic mass is 35.5. The second kappa shape index (κ2) is 12.1. The van der Waals surface area contributed by atoms with Crippen LogP contribution in [0.25, 0.3) is 27.2 Å². The molecule has 216 valence electrons. The number of piperidine rings is 1. The average Bonchev–Trinajstić information content (AvgIpc) is 3.63. The van der Waals surface area contributed by atoms with E-state index >= 15 is 0 Å². The van der Waals surface area contributed by atoms with Crippen molar-refractivity contribution in [3.63, 3.8) is 0 Å². The number of halogens is 1. The molecule has 42 heavy (non-hydrogen) atoms. The van der Waals surface area contributed by atoms with Crippen molar-refractivity contribution in [2.24, 2.45) is 0 Å². The number of likely N-dealkylation sites (tertiary alicyclic amines) is 1. The number of nitrogens with zero attached hydrogens (tertiary/aromatic N) is 4. The molecule has 0 N–H and O–H groups in total. The molecule has 1 saturated heterocycles. The third-order valence-corrected chi connectivity index (χ3v) is 9.03. The Morgan fingerprint density at radius 3 is 2.67 bits per heavy atom. The summed E-state index contributed by atoms with van der Waals surface area (Å²) in [5.74, 6) is 0.594. The van der Waals surface area contributed by atoms with E-state index in [-0.39, 0.29) is 6.10 Å².